The molecule has 0 amide bonds. The van der Waals surface area contributed by atoms with Gasteiger partial charge in [0.15, 0.2) is 11.6 Å². The number of ketones is 1. The summed E-state index contributed by atoms with van der Waals surface area (Å²) in [5.41, 5.74) is 7.23. The van der Waals surface area contributed by atoms with Crippen molar-refractivity contribution >= 4 is 56.4 Å². The fourth-order valence-corrected chi connectivity index (χ4v) is 5.13. The molecule has 0 spiro atoms. The second-order valence-electron chi connectivity index (χ2n) is 8.50. The quantitative estimate of drug-likeness (QED) is 0.233. The number of para-hydroxylation sites is 2. The largest absolute Gasteiger partial charge is 0.368 e. The highest BCUT2D eigenvalue weighted by atomic mass is 35.5. The number of hydrogen-bond donors (Lipinski definition) is 1. The number of nitrogens with zero attached hydrogens (tertiary/aromatic N) is 4. The van der Waals surface area contributed by atoms with Crippen LogP contribution in [-0.2, 0) is 11.3 Å². The van der Waals surface area contributed by atoms with Crippen LogP contribution in [0.1, 0.15) is 13.8 Å². The highest BCUT2D eigenvalue weighted by molar-refractivity contribution is 6.41. The van der Waals surface area contributed by atoms with E-state index in [1.54, 1.807) is 6.92 Å². The van der Waals surface area contributed by atoms with E-state index in [1.807, 2.05) is 41.3 Å². The smallest absolute Gasteiger partial charge is 0.196 e. The van der Waals surface area contributed by atoms with Gasteiger partial charge in [-0.15, -0.1) is 0 Å². The molecule has 34 heavy (non-hydrogen) atoms. The Morgan fingerprint density at radius 2 is 1.65 bits per heavy atom. The standard InChI is InChI=1S/C27H28ClN5O/c1-3-33-23-12-8-7-11-21(23)25-24(33)14-13-22(26(25)28)29-30-27(19(2)34)32-17-15-31(16-18-32)20-9-5-4-6-10-20/h4-14,29H,3,15-18H2,1-2H3/b30-27+. The molecule has 1 aliphatic heterocycles. The molecule has 4 aromatic rings. The van der Waals surface area contributed by atoms with E-state index in [2.05, 4.69) is 57.2 Å². The monoisotopic (exact) mass is 473 g/mol. The zero-order valence-corrected chi connectivity index (χ0v) is 20.2. The fraction of sp³-hybridized carbons (Fsp3) is 0.259. The molecule has 1 aromatic heterocycles. The second-order valence-corrected chi connectivity index (χ2v) is 8.87. The van der Waals surface area contributed by atoms with Crippen molar-refractivity contribution in [3.05, 3.63) is 71.8 Å². The van der Waals surface area contributed by atoms with Gasteiger partial charge in [-0.05, 0) is 37.3 Å². The third kappa shape index (κ3) is 3.99. The first-order chi connectivity index (χ1) is 16.6. The molecule has 0 atom stereocenters. The number of carbonyl (C=O) groups is 1. The van der Waals surface area contributed by atoms with E-state index < -0.39 is 0 Å². The van der Waals surface area contributed by atoms with Gasteiger partial charge in [0.2, 0.25) is 0 Å². The predicted octanol–water partition coefficient (Wildman–Crippen LogP) is 5.60. The number of benzene rings is 3. The lowest BCUT2D eigenvalue weighted by molar-refractivity contribution is -0.111. The molecule has 7 heteroatoms. The Bertz CT molecular complexity index is 1370. The predicted molar refractivity (Wildman–Crippen MR) is 142 cm³/mol. The van der Waals surface area contributed by atoms with Crippen LogP contribution in [0.15, 0.2) is 71.8 Å². The number of amidine groups is 1. The molecular formula is C27H28ClN5O. The molecule has 0 aliphatic carbocycles. The zero-order valence-electron chi connectivity index (χ0n) is 19.5. The van der Waals surface area contributed by atoms with Crippen LogP contribution in [0.4, 0.5) is 11.4 Å². The van der Waals surface area contributed by atoms with Gasteiger partial charge in [0.05, 0.1) is 16.2 Å². The molecule has 0 bridgehead atoms. The van der Waals surface area contributed by atoms with Gasteiger partial charge < -0.3 is 14.4 Å². The average molecular weight is 474 g/mol. The average Bonchev–Trinajstić information content (AvgIpc) is 3.20. The molecule has 0 unspecified atom stereocenters. The number of halogens is 1. The Kier molecular flexibility index (Phi) is 6.16. The van der Waals surface area contributed by atoms with Crippen LogP contribution in [-0.4, -0.2) is 47.3 Å². The van der Waals surface area contributed by atoms with Crippen LogP contribution < -0.4 is 10.3 Å². The van der Waals surface area contributed by atoms with Crippen molar-refractivity contribution < 1.29 is 4.79 Å². The van der Waals surface area contributed by atoms with Crippen LogP contribution in [0.3, 0.4) is 0 Å². The lowest BCUT2D eigenvalue weighted by Crippen LogP contribution is -2.50. The van der Waals surface area contributed by atoms with Crippen LogP contribution >= 0.6 is 11.6 Å². The molecule has 1 saturated heterocycles. The third-order valence-electron chi connectivity index (χ3n) is 6.49. The highest BCUT2D eigenvalue weighted by Gasteiger charge is 2.23. The molecule has 6 nitrogen and oxygen atoms in total. The van der Waals surface area contributed by atoms with Gasteiger partial charge >= 0.3 is 0 Å². The van der Waals surface area contributed by atoms with Gasteiger partial charge in [0.1, 0.15) is 0 Å². The number of Topliss-reactive ketones (excluding diaryl/α,β-unsaturated/α-hetero) is 1. The number of rotatable bonds is 5. The number of hydrogen-bond acceptors (Lipinski definition) is 4. The third-order valence-corrected chi connectivity index (χ3v) is 6.88. The first-order valence-corrected chi connectivity index (χ1v) is 12.0. The van der Waals surface area contributed by atoms with E-state index in [4.69, 9.17) is 11.6 Å². The summed E-state index contributed by atoms with van der Waals surface area (Å²) >= 11 is 6.88. The topological polar surface area (TPSA) is 52.9 Å². The summed E-state index contributed by atoms with van der Waals surface area (Å²) in [6.45, 7) is 7.67. The summed E-state index contributed by atoms with van der Waals surface area (Å²) in [6, 6.07) is 22.6. The minimum atomic E-state index is -0.0690. The minimum Gasteiger partial charge on any atom is -0.368 e. The lowest BCUT2D eigenvalue weighted by Gasteiger charge is -2.37. The summed E-state index contributed by atoms with van der Waals surface area (Å²) < 4.78 is 2.26. The van der Waals surface area contributed by atoms with E-state index in [9.17, 15) is 4.79 Å². The number of hydrazone groups is 1. The number of carbonyl (C=O) groups excluding carboxylic acids is 1. The molecule has 174 valence electrons. The van der Waals surface area contributed by atoms with Crippen molar-refractivity contribution in [3.63, 3.8) is 0 Å². The Morgan fingerprint density at radius 1 is 0.941 bits per heavy atom. The number of piperazine rings is 1. The second kappa shape index (κ2) is 9.39. The van der Waals surface area contributed by atoms with Gasteiger partial charge in [0, 0.05) is 61.6 Å². The van der Waals surface area contributed by atoms with Crippen LogP contribution in [0.25, 0.3) is 21.8 Å². The van der Waals surface area contributed by atoms with Crippen molar-refractivity contribution in [1.29, 1.82) is 0 Å². The molecule has 1 fully saturated rings. The first kappa shape index (κ1) is 22.3. The Labute approximate surface area is 204 Å². The van der Waals surface area contributed by atoms with Gasteiger partial charge in [-0.3, -0.25) is 10.2 Å². The van der Waals surface area contributed by atoms with Gasteiger partial charge in [-0.25, -0.2) is 0 Å². The van der Waals surface area contributed by atoms with E-state index in [1.165, 1.54) is 5.69 Å². The minimum absolute atomic E-state index is 0.0690. The van der Waals surface area contributed by atoms with Crippen LogP contribution in [0, 0.1) is 0 Å². The van der Waals surface area contributed by atoms with E-state index in [-0.39, 0.29) is 5.78 Å². The summed E-state index contributed by atoms with van der Waals surface area (Å²) in [6.07, 6.45) is 0. The Hall–Kier alpha value is -3.51. The maximum Gasteiger partial charge on any atom is 0.196 e. The van der Waals surface area contributed by atoms with Crippen molar-refractivity contribution in [2.24, 2.45) is 5.10 Å². The van der Waals surface area contributed by atoms with E-state index >= 15 is 0 Å². The Balaban J connectivity index is 1.41. The Morgan fingerprint density at radius 3 is 2.35 bits per heavy atom. The number of nitrogens with one attached hydrogen (secondary N) is 1. The van der Waals surface area contributed by atoms with Crippen LogP contribution in [0.2, 0.25) is 5.02 Å². The molecule has 2 heterocycles. The summed E-state index contributed by atoms with van der Waals surface area (Å²) in [4.78, 5) is 16.8. The van der Waals surface area contributed by atoms with Crippen molar-refractivity contribution in [2.45, 2.75) is 20.4 Å². The SMILES string of the molecule is CCn1c2ccccc2c2c(Cl)c(N/N=C(\C(C)=O)N3CCN(c4ccccc4)CC3)ccc21. The number of fused-ring (bicyclic) bond motifs is 3. The summed E-state index contributed by atoms with van der Waals surface area (Å²) in [5, 5.41) is 7.25. The number of aryl methyl sites for hydroxylation is 1. The van der Waals surface area contributed by atoms with E-state index in [0.29, 0.717) is 16.5 Å². The van der Waals surface area contributed by atoms with Gasteiger partial charge in [0.25, 0.3) is 0 Å². The van der Waals surface area contributed by atoms with E-state index in [0.717, 1.165) is 54.5 Å². The van der Waals surface area contributed by atoms with Gasteiger partial charge in [-0.2, -0.15) is 5.10 Å². The van der Waals surface area contributed by atoms with Crippen LogP contribution in [0.5, 0.6) is 0 Å². The number of anilines is 2. The maximum absolute atomic E-state index is 12.5. The van der Waals surface area contributed by atoms with Crippen molar-refractivity contribution in [2.75, 3.05) is 36.5 Å². The molecule has 0 radical (unpaired) electrons. The molecular weight excluding hydrogens is 446 g/mol. The molecule has 1 aliphatic rings. The molecule has 1 N–H and O–H groups in total. The van der Waals surface area contributed by atoms with Crippen molar-refractivity contribution in [3.8, 4) is 0 Å². The summed E-state index contributed by atoms with van der Waals surface area (Å²) in [7, 11) is 0. The molecule has 3 aromatic carbocycles. The summed E-state index contributed by atoms with van der Waals surface area (Å²) in [5.74, 6) is 0.361. The highest BCUT2D eigenvalue weighted by Crippen LogP contribution is 2.38. The molecule has 0 saturated carbocycles. The normalized spacial score (nSPS) is 14.7. The van der Waals surface area contributed by atoms with Crippen molar-refractivity contribution in [1.82, 2.24) is 9.47 Å². The van der Waals surface area contributed by atoms with Gasteiger partial charge in [-0.1, -0.05) is 48.0 Å². The molecule has 5 rings (SSSR count). The number of aromatic nitrogens is 1. The maximum atomic E-state index is 12.5. The lowest BCUT2D eigenvalue weighted by atomic mass is 10.1. The zero-order chi connectivity index (χ0) is 23.7. The first-order valence-electron chi connectivity index (χ1n) is 11.7. The fourth-order valence-electron chi connectivity index (χ4n) is 4.82.